The molecule has 0 aliphatic heterocycles. The molecule has 3 N–H and O–H groups in total. The molecule has 4 heteroatoms. The monoisotopic (exact) mass is 290 g/mol. The molecule has 0 saturated carbocycles. The molecule has 0 bridgehead atoms. The normalized spacial score (nSPS) is 12.2. The van der Waals surface area contributed by atoms with Gasteiger partial charge in [0.25, 0.3) is 0 Å². The second-order valence-corrected chi connectivity index (χ2v) is 5.05. The van der Waals surface area contributed by atoms with Crippen LogP contribution in [0.4, 0.5) is 5.69 Å². The number of hydrogen-bond donors (Lipinski definition) is 2. The summed E-state index contributed by atoms with van der Waals surface area (Å²) in [5.41, 5.74) is 9.18. The zero-order valence-electron chi connectivity index (χ0n) is 11.5. The smallest absolute Gasteiger partial charge is 0.0713 e. The van der Waals surface area contributed by atoms with Crippen LogP contribution in [0.5, 0.6) is 0 Å². The van der Waals surface area contributed by atoms with Gasteiger partial charge in [0, 0.05) is 24.4 Å². The molecule has 1 atom stereocenters. The first-order valence-corrected chi connectivity index (χ1v) is 6.90. The van der Waals surface area contributed by atoms with Gasteiger partial charge in [0.1, 0.15) is 0 Å². The van der Waals surface area contributed by atoms with Gasteiger partial charge in [0.2, 0.25) is 0 Å². The number of nitrogens with two attached hydrogens (primary N) is 1. The molecule has 0 fully saturated rings. The molecule has 20 heavy (non-hydrogen) atoms. The average molecular weight is 291 g/mol. The molecule has 0 heterocycles. The van der Waals surface area contributed by atoms with Crippen molar-refractivity contribution in [2.24, 2.45) is 5.73 Å². The number of methoxy groups -OCH3 is 1. The van der Waals surface area contributed by atoms with Crippen molar-refractivity contribution in [1.82, 2.24) is 0 Å². The number of nitrogens with one attached hydrogen (secondary N) is 1. The van der Waals surface area contributed by atoms with E-state index in [-0.39, 0.29) is 6.04 Å². The van der Waals surface area contributed by atoms with Gasteiger partial charge in [-0.05, 0) is 35.4 Å². The van der Waals surface area contributed by atoms with Gasteiger partial charge >= 0.3 is 0 Å². The molecule has 0 amide bonds. The van der Waals surface area contributed by atoms with Gasteiger partial charge in [0.15, 0.2) is 0 Å². The summed E-state index contributed by atoms with van der Waals surface area (Å²) in [6, 6.07) is 15.9. The molecule has 3 nitrogen and oxygen atoms in total. The Morgan fingerprint density at radius 1 is 1.20 bits per heavy atom. The lowest BCUT2D eigenvalue weighted by molar-refractivity contribution is 0.185. The zero-order valence-corrected chi connectivity index (χ0v) is 12.2. The molecular formula is C16H19ClN2O. The van der Waals surface area contributed by atoms with E-state index in [1.807, 2.05) is 36.4 Å². The predicted octanol–water partition coefficient (Wildman–Crippen LogP) is 3.60. The van der Waals surface area contributed by atoms with E-state index in [0.29, 0.717) is 13.2 Å². The Hall–Kier alpha value is -1.55. The van der Waals surface area contributed by atoms with Crippen LogP contribution in [0.25, 0.3) is 0 Å². The van der Waals surface area contributed by atoms with E-state index in [0.717, 1.165) is 21.8 Å². The van der Waals surface area contributed by atoms with E-state index in [1.165, 1.54) is 0 Å². The second kappa shape index (κ2) is 7.29. The van der Waals surface area contributed by atoms with Crippen molar-refractivity contribution in [2.75, 3.05) is 19.0 Å². The van der Waals surface area contributed by atoms with Gasteiger partial charge in [-0.1, -0.05) is 35.9 Å². The van der Waals surface area contributed by atoms with E-state index in [2.05, 4.69) is 17.4 Å². The Morgan fingerprint density at radius 2 is 1.95 bits per heavy atom. The minimum Gasteiger partial charge on any atom is -0.380 e. The molecule has 0 spiro atoms. The summed E-state index contributed by atoms with van der Waals surface area (Å²) in [7, 11) is 1.69. The molecule has 2 rings (SSSR count). The van der Waals surface area contributed by atoms with Crippen LogP contribution in [0.15, 0.2) is 48.5 Å². The lowest BCUT2D eigenvalue weighted by atomic mass is 10.0. The predicted molar refractivity (Wildman–Crippen MR) is 84.0 cm³/mol. The summed E-state index contributed by atoms with van der Waals surface area (Å²) < 4.78 is 5.16. The fourth-order valence-electron chi connectivity index (χ4n) is 2.09. The summed E-state index contributed by atoms with van der Waals surface area (Å²) in [4.78, 5) is 0. The fourth-order valence-corrected chi connectivity index (χ4v) is 2.22. The molecule has 2 aromatic carbocycles. The molecule has 1 unspecified atom stereocenters. The Bertz CT molecular complexity index is 542. The number of halogens is 1. The van der Waals surface area contributed by atoms with Crippen LogP contribution in [0.2, 0.25) is 5.02 Å². The second-order valence-electron chi connectivity index (χ2n) is 4.62. The highest BCUT2D eigenvalue weighted by molar-refractivity contribution is 6.30. The first-order chi connectivity index (χ1) is 9.72. The Kier molecular flexibility index (Phi) is 5.41. The van der Waals surface area contributed by atoms with Gasteiger partial charge in [-0.25, -0.2) is 0 Å². The third-order valence-corrected chi connectivity index (χ3v) is 3.34. The van der Waals surface area contributed by atoms with E-state index in [9.17, 15) is 0 Å². The first kappa shape index (κ1) is 14.9. The number of hydrogen-bond acceptors (Lipinski definition) is 3. The van der Waals surface area contributed by atoms with Gasteiger partial charge in [-0.2, -0.15) is 0 Å². The van der Waals surface area contributed by atoms with Crippen LogP contribution < -0.4 is 11.1 Å². The van der Waals surface area contributed by atoms with Gasteiger partial charge in [-0.3, -0.25) is 0 Å². The number of rotatable bonds is 6. The molecule has 2 aromatic rings. The van der Waals surface area contributed by atoms with Crippen molar-refractivity contribution < 1.29 is 4.74 Å². The minimum atomic E-state index is 0.0629. The quantitative estimate of drug-likeness (QED) is 0.854. The van der Waals surface area contributed by atoms with Crippen LogP contribution in [-0.2, 0) is 11.3 Å². The van der Waals surface area contributed by atoms with Crippen LogP contribution in [0, 0.1) is 0 Å². The molecule has 0 aliphatic rings. The molecule has 106 valence electrons. The summed E-state index contributed by atoms with van der Waals surface area (Å²) in [5, 5.41) is 4.14. The van der Waals surface area contributed by atoms with E-state index >= 15 is 0 Å². The summed E-state index contributed by atoms with van der Waals surface area (Å²) in [6.45, 7) is 1.12. The lowest BCUT2D eigenvalue weighted by Crippen LogP contribution is -2.20. The van der Waals surface area contributed by atoms with Crippen molar-refractivity contribution in [3.8, 4) is 0 Å². The maximum absolute atomic E-state index is 5.89. The number of ether oxygens (including phenoxy) is 1. The largest absolute Gasteiger partial charge is 0.380 e. The molecule has 0 aromatic heterocycles. The Morgan fingerprint density at radius 3 is 2.60 bits per heavy atom. The van der Waals surface area contributed by atoms with Gasteiger partial charge < -0.3 is 15.8 Å². The number of benzene rings is 2. The SMILES string of the molecule is COCc1cccc(C(CN)Nc2ccc(Cl)cc2)c1. The topological polar surface area (TPSA) is 47.3 Å². The standard InChI is InChI=1S/C16H19ClN2O/c1-20-11-12-3-2-4-13(9-12)16(10-18)19-15-7-5-14(17)6-8-15/h2-9,16,19H,10-11,18H2,1H3. The Labute approximate surface area is 124 Å². The van der Waals surface area contributed by atoms with Crippen LogP contribution in [0.1, 0.15) is 17.2 Å². The lowest BCUT2D eigenvalue weighted by Gasteiger charge is -2.19. The van der Waals surface area contributed by atoms with Crippen molar-refractivity contribution >= 4 is 17.3 Å². The zero-order chi connectivity index (χ0) is 14.4. The van der Waals surface area contributed by atoms with Crippen molar-refractivity contribution in [3.05, 3.63) is 64.7 Å². The van der Waals surface area contributed by atoms with Crippen molar-refractivity contribution in [2.45, 2.75) is 12.6 Å². The van der Waals surface area contributed by atoms with Gasteiger partial charge in [0.05, 0.1) is 12.6 Å². The molecular weight excluding hydrogens is 272 g/mol. The third-order valence-electron chi connectivity index (χ3n) is 3.09. The average Bonchev–Trinajstić information content (AvgIpc) is 2.47. The molecule has 0 saturated heterocycles. The highest BCUT2D eigenvalue weighted by atomic mass is 35.5. The molecule has 0 radical (unpaired) electrons. The van der Waals surface area contributed by atoms with Crippen LogP contribution >= 0.6 is 11.6 Å². The third kappa shape index (κ3) is 3.97. The van der Waals surface area contributed by atoms with Crippen LogP contribution in [0.3, 0.4) is 0 Å². The van der Waals surface area contributed by atoms with E-state index in [4.69, 9.17) is 22.1 Å². The molecule has 0 aliphatic carbocycles. The Balaban J connectivity index is 2.15. The summed E-state index contributed by atoms with van der Waals surface area (Å²) >= 11 is 5.89. The minimum absolute atomic E-state index is 0.0629. The van der Waals surface area contributed by atoms with E-state index < -0.39 is 0 Å². The fraction of sp³-hybridized carbons (Fsp3) is 0.250. The maximum Gasteiger partial charge on any atom is 0.0713 e. The van der Waals surface area contributed by atoms with Crippen LogP contribution in [-0.4, -0.2) is 13.7 Å². The summed E-state index contributed by atoms with van der Waals surface area (Å²) in [6.07, 6.45) is 0. The highest BCUT2D eigenvalue weighted by Crippen LogP contribution is 2.21. The van der Waals surface area contributed by atoms with Crippen molar-refractivity contribution in [3.63, 3.8) is 0 Å². The maximum atomic E-state index is 5.89. The first-order valence-electron chi connectivity index (χ1n) is 6.53. The number of anilines is 1. The summed E-state index contributed by atoms with van der Waals surface area (Å²) in [5.74, 6) is 0. The highest BCUT2D eigenvalue weighted by Gasteiger charge is 2.10. The van der Waals surface area contributed by atoms with Gasteiger partial charge in [-0.15, -0.1) is 0 Å². The van der Waals surface area contributed by atoms with Crippen molar-refractivity contribution in [1.29, 1.82) is 0 Å². The van der Waals surface area contributed by atoms with E-state index in [1.54, 1.807) is 7.11 Å².